The number of hydrogen-bond acceptors (Lipinski definition) is 3. The van der Waals surface area contributed by atoms with Crippen molar-refractivity contribution in [2.75, 3.05) is 19.3 Å². The second-order valence-electron chi connectivity index (χ2n) is 7.66. The van der Waals surface area contributed by atoms with Gasteiger partial charge in [0.2, 0.25) is 5.91 Å². The smallest absolute Gasteiger partial charge is 0.291 e. The fourth-order valence-electron chi connectivity index (χ4n) is 4.14. The Labute approximate surface area is 164 Å². The number of benzene rings is 1. The van der Waals surface area contributed by atoms with Gasteiger partial charge >= 0.3 is 0 Å². The average molecular weight is 401 g/mol. The lowest BCUT2D eigenvalue weighted by atomic mass is 9.94. The number of carbonyl (C=O) groups is 1. The molecular weight excluding hydrogens is 379 g/mol. The van der Waals surface area contributed by atoms with Crippen molar-refractivity contribution in [1.82, 2.24) is 4.90 Å². The van der Waals surface area contributed by atoms with E-state index in [1.54, 1.807) is 17.1 Å². The molecular formula is C21H22FN2O3S+. The maximum absolute atomic E-state index is 14.2. The van der Waals surface area contributed by atoms with Crippen molar-refractivity contribution in [1.29, 1.82) is 0 Å². The van der Waals surface area contributed by atoms with Crippen LogP contribution in [0.2, 0.25) is 0 Å². The minimum atomic E-state index is -3.16. The minimum absolute atomic E-state index is 0.0604. The van der Waals surface area contributed by atoms with Gasteiger partial charge in [-0.05, 0) is 41.3 Å². The molecule has 5 nitrogen and oxygen atoms in total. The number of nitrogens with zero attached hydrogens (tertiary/aromatic N) is 1. The Bertz CT molecular complexity index is 1060. The average Bonchev–Trinajstić information content (AvgIpc) is 3.32. The van der Waals surface area contributed by atoms with Gasteiger partial charge in [-0.2, -0.15) is 12.8 Å². The van der Waals surface area contributed by atoms with Gasteiger partial charge < -0.3 is 4.90 Å². The van der Waals surface area contributed by atoms with Gasteiger partial charge in [0.05, 0.1) is 12.8 Å². The number of sulfonamides is 1. The number of carbonyl (C=O) groups excluding carboxylic acids is 1. The molecule has 1 saturated heterocycles. The monoisotopic (exact) mass is 401 g/mol. The second-order valence-corrected chi connectivity index (χ2v) is 9.60. The zero-order valence-electron chi connectivity index (χ0n) is 15.6. The SMILES string of the molecule is CS(=O)(=O)[NH2+]C1CCN(C(=O)C2CC2c2ccccc2C2=CC=C=C=C2F)C1. The summed E-state index contributed by atoms with van der Waals surface area (Å²) in [6, 6.07) is 7.48. The summed E-state index contributed by atoms with van der Waals surface area (Å²) in [5.74, 6) is -0.444. The Balaban J connectivity index is 1.47. The van der Waals surface area contributed by atoms with Crippen molar-refractivity contribution in [3.05, 3.63) is 64.8 Å². The first kappa shape index (κ1) is 18.9. The van der Waals surface area contributed by atoms with E-state index in [0.29, 0.717) is 25.1 Å². The van der Waals surface area contributed by atoms with Gasteiger partial charge in [-0.3, -0.25) is 4.79 Å². The van der Waals surface area contributed by atoms with Gasteiger partial charge in [-0.25, -0.2) is 4.72 Å². The number of likely N-dealkylation sites (tertiary alicyclic amines) is 1. The van der Waals surface area contributed by atoms with Crippen molar-refractivity contribution in [2.24, 2.45) is 5.92 Å². The van der Waals surface area contributed by atoms with Crippen LogP contribution in [0.15, 0.2) is 53.7 Å². The molecule has 1 saturated carbocycles. The van der Waals surface area contributed by atoms with E-state index in [-0.39, 0.29) is 23.8 Å². The number of primary sulfonamides is 1. The third kappa shape index (κ3) is 3.89. The van der Waals surface area contributed by atoms with Gasteiger partial charge in [0.25, 0.3) is 10.0 Å². The Morgan fingerprint density at radius 2 is 2.11 bits per heavy atom. The Morgan fingerprint density at radius 1 is 1.32 bits per heavy atom. The molecule has 3 unspecified atom stereocenters. The van der Waals surface area contributed by atoms with Crippen LogP contribution in [-0.4, -0.2) is 44.6 Å². The lowest BCUT2D eigenvalue weighted by Gasteiger charge is -2.16. The molecule has 7 heteroatoms. The van der Waals surface area contributed by atoms with Crippen molar-refractivity contribution < 1.29 is 22.3 Å². The number of amides is 1. The summed E-state index contributed by atoms with van der Waals surface area (Å²) >= 11 is 0. The Morgan fingerprint density at radius 3 is 2.86 bits per heavy atom. The van der Waals surface area contributed by atoms with Gasteiger partial charge in [-0.15, -0.1) is 0 Å². The van der Waals surface area contributed by atoms with Crippen molar-refractivity contribution in [3.63, 3.8) is 0 Å². The molecule has 3 aliphatic rings. The molecule has 1 aliphatic heterocycles. The number of nitrogens with two attached hydrogens (primary N) is 1. The summed E-state index contributed by atoms with van der Waals surface area (Å²) in [7, 11) is -3.16. The molecule has 0 aromatic heterocycles. The van der Waals surface area contributed by atoms with Gasteiger partial charge in [-0.1, -0.05) is 30.0 Å². The summed E-state index contributed by atoms with van der Waals surface area (Å²) in [4.78, 5) is 14.7. The van der Waals surface area contributed by atoms with E-state index in [4.69, 9.17) is 0 Å². The molecule has 4 rings (SSSR count). The van der Waals surface area contributed by atoms with Crippen molar-refractivity contribution in [3.8, 4) is 0 Å². The maximum atomic E-state index is 14.2. The third-order valence-electron chi connectivity index (χ3n) is 5.49. The predicted octanol–water partition coefficient (Wildman–Crippen LogP) is 1.47. The van der Waals surface area contributed by atoms with Gasteiger partial charge in [0, 0.05) is 24.5 Å². The van der Waals surface area contributed by atoms with Crippen LogP contribution in [0, 0.1) is 5.92 Å². The van der Waals surface area contributed by atoms with Crippen LogP contribution in [0.3, 0.4) is 0 Å². The van der Waals surface area contributed by atoms with Crippen molar-refractivity contribution in [2.45, 2.75) is 24.8 Å². The zero-order valence-corrected chi connectivity index (χ0v) is 16.4. The van der Waals surface area contributed by atoms with Gasteiger partial charge in [0.15, 0.2) is 5.83 Å². The molecule has 2 N–H and O–H groups in total. The van der Waals surface area contributed by atoms with E-state index in [0.717, 1.165) is 17.5 Å². The molecule has 146 valence electrons. The summed E-state index contributed by atoms with van der Waals surface area (Å²) in [6.07, 6.45) is 5.90. The molecule has 28 heavy (non-hydrogen) atoms. The molecule has 0 bridgehead atoms. The van der Waals surface area contributed by atoms with Crippen LogP contribution in [0.5, 0.6) is 0 Å². The Kier molecular flexibility index (Phi) is 4.86. The second kappa shape index (κ2) is 7.19. The molecule has 3 atom stereocenters. The van der Waals surface area contributed by atoms with E-state index >= 15 is 0 Å². The standard InChI is InChI=1S/C21H21FN2O3S/c1-28(26,27)23-14-10-11-24(13-14)21(25)19-12-18(19)16-7-3-2-6-15(16)17-8-4-5-9-20(17)22/h2-4,6-8,14,18-19,23H,10-13H2,1H3/p+1. The fourth-order valence-corrected chi connectivity index (χ4v) is 5.06. The van der Waals surface area contributed by atoms with E-state index in [2.05, 4.69) is 11.5 Å². The highest BCUT2D eigenvalue weighted by Crippen LogP contribution is 2.51. The normalized spacial score (nSPS) is 26.2. The quantitative estimate of drug-likeness (QED) is 0.760. The van der Waals surface area contributed by atoms with E-state index in [1.807, 2.05) is 24.3 Å². The molecule has 0 spiro atoms. The number of quaternary nitrogens is 1. The minimum Gasteiger partial charge on any atom is -0.336 e. The molecule has 1 heterocycles. The number of halogens is 1. The number of rotatable bonds is 5. The molecule has 2 aliphatic carbocycles. The molecule has 1 amide bonds. The van der Waals surface area contributed by atoms with E-state index in [1.165, 1.54) is 11.0 Å². The largest absolute Gasteiger partial charge is 0.336 e. The lowest BCUT2D eigenvalue weighted by Crippen LogP contribution is -2.92. The summed E-state index contributed by atoms with van der Waals surface area (Å²) in [5, 5.41) is 0. The highest BCUT2D eigenvalue weighted by atomic mass is 32.2. The first-order chi connectivity index (χ1) is 13.3. The third-order valence-corrected chi connectivity index (χ3v) is 6.37. The summed E-state index contributed by atoms with van der Waals surface area (Å²) < 4.78 is 38.5. The summed E-state index contributed by atoms with van der Waals surface area (Å²) in [5.41, 5.74) is 7.31. The fraction of sp³-hybridized carbons (Fsp3) is 0.381. The molecule has 1 aromatic rings. The molecule has 0 radical (unpaired) electrons. The van der Waals surface area contributed by atoms with E-state index < -0.39 is 15.9 Å². The zero-order chi connectivity index (χ0) is 19.9. The van der Waals surface area contributed by atoms with Crippen LogP contribution >= 0.6 is 0 Å². The highest BCUT2D eigenvalue weighted by molar-refractivity contribution is 7.84. The van der Waals surface area contributed by atoms with Crippen molar-refractivity contribution >= 4 is 21.5 Å². The van der Waals surface area contributed by atoms with Crippen LogP contribution in [-0.2, 0) is 14.8 Å². The van der Waals surface area contributed by atoms with Crippen LogP contribution < -0.4 is 4.72 Å². The lowest BCUT2D eigenvalue weighted by molar-refractivity contribution is -0.535. The number of hydrogen-bond donors (Lipinski definition) is 1. The maximum Gasteiger partial charge on any atom is 0.291 e. The Hall–Kier alpha value is -2.43. The van der Waals surface area contributed by atoms with E-state index in [9.17, 15) is 17.6 Å². The van der Waals surface area contributed by atoms with Gasteiger partial charge in [0.1, 0.15) is 6.04 Å². The highest BCUT2D eigenvalue weighted by Gasteiger charge is 2.48. The topological polar surface area (TPSA) is 71.1 Å². The predicted molar refractivity (Wildman–Crippen MR) is 103 cm³/mol. The van der Waals surface area contributed by atoms with Crippen LogP contribution in [0.25, 0.3) is 5.57 Å². The molecule has 1 aromatic carbocycles. The first-order valence-electron chi connectivity index (χ1n) is 9.34. The first-order valence-corrected chi connectivity index (χ1v) is 11.3. The number of allylic oxidation sites excluding steroid dienone is 4. The molecule has 2 fully saturated rings. The summed E-state index contributed by atoms with van der Waals surface area (Å²) in [6.45, 7) is 1.04. The van der Waals surface area contributed by atoms with Crippen LogP contribution in [0.4, 0.5) is 4.39 Å². The van der Waals surface area contributed by atoms with Crippen LogP contribution in [0.1, 0.15) is 29.9 Å².